The zero-order valence-corrected chi connectivity index (χ0v) is 12.1. The number of nitrogens with two attached hydrogens (primary N) is 1. The average Bonchev–Trinajstić information content (AvgIpc) is 2.38. The van der Waals surface area contributed by atoms with Crippen molar-refractivity contribution in [2.75, 3.05) is 34.4 Å². The molecule has 0 aliphatic carbocycles. The minimum absolute atomic E-state index is 0.121. The summed E-state index contributed by atoms with van der Waals surface area (Å²) in [6, 6.07) is 5.52. The molecule has 20 heavy (non-hydrogen) atoms. The van der Waals surface area contributed by atoms with Crippen LogP contribution in [0.1, 0.15) is 11.6 Å². The minimum atomic E-state index is -0.699. The molecule has 2 atom stereocenters. The first-order valence-corrected chi connectivity index (χ1v) is 6.39. The van der Waals surface area contributed by atoms with E-state index in [0.717, 1.165) is 5.56 Å². The van der Waals surface area contributed by atoms with Crippen molar-refractivity contribution in [3.8, 4) is 0 Å². The van der Waals surface area contributed by atoms with Crippen molar-refractivity contribution in [2.24, 2.45) is 5.73 Å². The zero-order valence-electron chi connectivity index (χ0n) is 12.1. The Morgan fingerprint density at radius 1 is 1.50 bits per heavy atom. The Bertz CT molecular complexity index is 440. The number of amides is 1. The van der Waals surface area contributed by atoms with Crippen molar-refractivity contribution in [1.82, 2.24) is 10.2 Å². The highest BCUT2D eigenvalue weighted by Gasteiger charge is 2.18. The number of nitrogens with zero attached hydrogens (tertiary/aromatic N) is 1. The SMILES string of the molecule is COCC(N)C(=O)NCC(c1cccc(F)c1)N(C)C. The molecule has 1 aromatic rings. The van der Waals surface area contributed by atoms with Gasteiger partial charge < -0.3 is 20.7 Å². The fourth-order valence-electron chi connectivity index (χ4n) is 1.90. The molecule has 3 N–H and O–H groups in total. The lowest BCUT2D eigenvalue weighted by Crippen LogP contribution is -2.45. The molecule has 0 aliphatic heterocycles. The second-order valence-electron chi connectivity index (χ2n) is 4.84. The first-order chi connectivity index (χ1) is 9.45. The average molecular weight is 283 g/mol. The van der Waals surface area contributed by atoms with E-state index in [4.69, 9.17) is 10.5 Å². The molecule has 0 radical (unpaired) electrons. The number of ether oxygens (including phenoxy) is 1. The van der Waals surface area contributed by atoms with E-state index in [0.29, 0.717) is 6.54 Å². The van der Waals surface area contributed by atoms with Gasteiger partial charge in [-0.15, -0.1) is 0 Å². The van der Waals surface area contributed by atoms with Crippen LogP contribution in [0.4, 0.5) is 4.39 Å². The molecule has 6 heteroatoms. The molecule has 0 bridgehead atoms. The monoisotopic (exact) mass is 283 g/mol. The molecule has 1 rings (SSSR count). The quantitative estimate of drug-likeness (QED) is 0.765. The van der Waals surface area contributed by atoms with Gasteiger partial charge in [0.05, 0.1) is 12.6 Å². The van der Waals surface area contributed by atoms with E-state index in [-0.39, 0.29) is 24.4 Å². The van der Waals surface area contributed by atoms with Crippen LogP contribution in [0.25, 0.3) is 0 Å². The molecular formula is C14H22FN3O2. The van der Waals surface area contributed by atoms with Crippen LogP contribution in [0.5, 0.6) is 0 Å². The number of carbonyl (C=O) groups is 1. The number of hydrogen-bond acceptors (Lipinski definition) is 4. The van der Waals surface area contributed by atoms with Gasteiger partial charge in [0, 0.05) is 13.7 Å². The standard InChI is InChI=1S/C14H22FN3O2/c1-18(2)13(10-5-4-6-11(15)7-10)8-17-14(19)12(16)9-20-3/h4-7,12-13H,8-9,16H2,1-3H3,(H,17,19). The summed E-state index contributed by atoms with van der Waals surface area (Å²) in [5, 5.41) is 2.76. The second-order valence-corrected chi connectivity index (χ2v) is 4.84. The van der Waals surface area contributed by atoms with Crippen LogP contribution in [0.3, 0.4) is 0 Å². The number of likely N-dealkylation sites (N-methyl/N-ethyl adjacent to an activating group) is 1. The summed E-state index contributed by atoms with van der Waals surface area (Å²) >= 11 is 0. The predicted molar refractivity (Wildman–Crippen MR) is 75.7 cm³/mol. The summed E-state index contributed by atoms with van der Waals surface area (Å²) in [5.41, 5.74) is 6.44. The first-order valence-electron chi connectivity index (χ1n) is 6.39. The molecule has 0 saturated heterocycles. The maximum absolute atomic E-state index is 13.3. The van der Waals surface area contributed by atoms with Crippen molar-refractivity contribution >= 4 is 5.91 Å². The van der Waals surface area contributed by atoms with Crippen LogP contribution in [-0.4, -0.2) is 51.2 Å². The molecule has 112 valence electrons. The Morgan fingerprint density at radius 2 is 2.20 bits per heavy atom. The number of carbonyl (C=O) groups excluding carboxylic acids is 1. The molecule has 1 aromatic carbocycles. The van der Waals surface area contributed by atoms with Crippen LogP contribution in [0.2, 0.25) is 0 Å². The minimum Gasteiger partial charge on any atom is -0.383 e. The lowest BCUT2D eigenvalue weighted by molar-refractivity contribution is -0.123. The van der Waals surface area contributed by atoms with E-state index < -0.39 is 6.04 Å². The van der Waals surface area contributed by atoms with Gasteiger partial charge in [-0.05, 0) is 31.8 Å². The Balaban J connectivity index is 2.67. The zero-order chi connectivity index (χ0) is 15.1. The summed E-state index contributed by atoms with van der Waals surface area (Å²) in [6.07, 6.45) is 0. The molecule has 0 heterocycles. The highest BCUT2D eigenvalue weighted by molar-refractivity contribution is 5.81. The maximum Gasteiger partial charge on any atom is 0.239 e. The fraction of sp³-hybridized carbons (Fsp3) is 0.500. The molecule has 2 unspecified atom stereocenters. The summed E-state index contributed by atoms with van der Waals surface area (Å²) in [4.78, 5) is 13.7. The molecule has 0 aliphatic rings. The van der Waals surface area contributed by atoms with Gasteiger partial charge in [0.25, 0.3) is 0 Å². The highest BCUT2D eigenvalue weighted by atomic mass is 19.1. The Labute approximate surface area is 118 Å². The van der Waals surface area contributed by atoms with Gasteiger partial charge in [-0.3, -0.25) is 4.79 Å². The van der Waals surface area contributed by atoms with Gasteiger partial charge in [0.15, 0.2) is 0 Å². The van der Waals surface area contributed by atoms with E-state index in [9.17, 15) is 9.18 Å². The lowest BCUT2D eigenvalue weighted by Gasteiger charge is -2.25. The summed E-state index contributed by atoms with van der Waals surface area (Å²) < 4.78 is 18.1. The predicted octanol–water partition coefficient (Wildman–Crippen LogP) is 0.518. The smallest absolute Gasteiger partial charge is 0.239 e. The van der Waals surface area contributed by atoms with E-state index in [2.05, 4.69) is 5.32 Å². The van der Waals surface area contributed by atoms with Crippen molar-refractivity contribution < 1.29 is 13.9 Å². The fourth-order valence-corrected chi connectivity index (χ4v) is 1.90. The van der Waals surface area contributed by atoms with Crippen molar-refractivity contribution in [2.45, 2.75) is 12.1 Å². The number of methoxy groups -OCH3 is 1. The largest absolute Gasteiger partial charge is 0.383 e. The topological polar surface area (TPSA) is 67.6 Å². The first kappa shape index (κ1) is 16.6. The lowest BCUT2D eigenvalue weighted by atomic mass is 10.1. The van der Waals surface area contributed by atoms with Crippen molar-refractivity contribution in [3.63, 3.8) is 0 Å². The number of nitrogens with one attached hydrogen (secondary N) is 1. The molecule has 1 amide bonds. The Hall–Kier alpha value is -1.50. The number of benzene rings is 1. The van der Waals surface area contributed by atoms with E-state index >= 15 is 0 Å². The second kappa shape index (κ2) is 7.94. The van der Waals surface area contributed by atoms with Crippen LogP contribution in [-0.2, 0) is 9.53 Å². The van der Waals surface area contributed by atoms with Gasteiger partial charge >= 0.3 is 0 Å². The molecule has 5 nitrogen and oxygen atoms in total. The third-order valence-corrected chi connectivity index (χ3v) is 3.01. The third kappa shape index (κ3) is 4.88. The van der Waals surface area contributed by atoms with Gasteiger partial charge in [-0.1, -0.05) is 12.1 Å². The molecule has 0 fully saturated rings. The number of halogens is 1. The number of hydrogen-bond donors (Lipinski definition) is 2. The molecule has 0 saturated carbocycles. The normalized spacial score (nSPS) is 14.1. The Kier molecular flexibility index (Phi) is 6.57. The van der Waals surface area contributed by atoms with Gasteiger partial charge in [0.1, 0.15) is 11.9 Å². The van der Waals surface area contributed by atoms with Crippen LogP contribution in [0, 0.1) is 5.82 Å². The summed E-state index contributed by atoms with van der Waals surface area (Å²) in [6.45, 7) is 0.519. The van der Waals surface area contributed by atoms with Gasteiger partial charge in [0.2, 0.25) is 5.91 Å². The summed E-state index contributed by atoms with van der Waals surface area (Å²) in [7, 11) is 5.23. The Morgan fingerprint density at radius 3 is 2.75 bits per heavy atom. The molecule has 0 aromatic heterocycles. The highest BCUT2D eigenvalue weighted by Crippen LogP contribution is 2.18. The van der Waals surface area contributed by atoms with E-state index in [1.165, 1.54) is 19.2 Å². The number of rotatable bonds is 7. The summed E-state index contributed by atoms with van der Waals surface area (Å²) in [5.74, 6) is -0.577. The van der Waals surface area contributed by atoms with E-state index in [1.807, 2.05) is 25.1 Å². The molecule has 0 spiro atoms. The third-order valence-electron chi connectivity index (χ3n) is 3.01. The van der Waals surface area contributed by atoms with Crippen molar-refractivity contribution in [3.05, 3.63) is 35.6 Å². The van der Waals surface area contributed by atoms with Crippen molar-refractivity contribution in [1.29, 1.82) is 0 Å². The molecular weight excluding hydrogens is 261 g/mol. The van der Waals surface area contributed by atoms with Crippen LogP contribution in [0.15, 0.2) is 24.3 Å². The van der Waals surface area contributed by atoms with Gasteiger partial charge in [-0.2, -0.15) is 0 Å². The van der Waals surface area contributed by atoms with Gasteiger partial charge in [-0.25, -0.2) is 4.39 Å². The van der Waals surface area contributed by atoms with Crippen LogP contribution >= 0.6 is 0 Å². The maximum atomic E-state index is 13.3. The van der Waals surface area contributed by atoms with Crippen LogP contribution < -0.4 is 11.1 Å². The van der Waals surface area contributed by atoms with E-state index in [1.54, 1.807) is 6.07 Å².